The van der Waals surface area contributed by atoms with Crippen molar-refractivity contribution in [3.05, 3.63) is 48.6 Å². The second-order valence-corrected chi connectivity index (χ2v) is 12.3. The molecule has 0 heterocycles. The zero-order valence-electron chi connectivity index (χ0n) is 29.2. The number of hydrogen-bond donors (Lipinski definition) is 1. The summed E-state index contributed by atoms with van der Waals surface area (Å²) >= 11 is 0. The lowest BCUT2D eigenvalue weighted by atomic mass is 10.1. The summed E-state index contributed by atoms with van der Waals surface area (Å²) in [6.45, 7) is 5.18. The second-order valence-electron chi connectivity index (χ2n) is 12.3. The van der Waals surface area contributed by atoms with Crippen molar-refractivity contribution in [3.63, 3.8) is 0 Å². The van der Waals surface area contributed by atoms with Crippen LogP contribution in [0.15, 0.2) is 48.6 Å². The van der Waals surface area contributed by atoms with Crippen molar-refractivity contribution in [2.24, 2.45) is 0 Å². The van der Waals surface area contributed by atoms with Gasteiger partial charge in [-0.25, -0.2) is 0 Å². The van der Waals surface area contributed by atoms with Crippen molar-refractivity contribution in [1.29, 1.82) is 0 Å². The Labute approximate surface area is 273 Å². The van der Waals surface area contributed by atoms with E-state index >= 15 is 0 Å². The van der Waals surface area contributed by atoms with Crippen LogP contribution >= 0.6 is 0 Å². The third-order valence-corrected chi connectivity index (χ3v) is 7.89. The monoisotopic (exact) mass is 617 g/mol. The van der Waals surface area contributed by atoms with E-state index in [2.05, 4.69) is 62.5 Å². The molecule has 0 aliphatic carbocycles. The summed E-state index contributed by atoms with van der Waals surface area (Å²) < 4.78 is 11.1. The third-order valence-electron chi connectivity index (χ3n) is 7.89. The molecule has 44 heavy (non-hydrogen) atoms. The Morgan fingerprint density at radius 2 is 1.02 bits per heavy atom. The first kappa shape index (κ1) is 42.3. The zero-order valence-corrected chi connectivity index (χ0v) is 29.2. The van der Waals surface area contributed by atoms with Gasteiger partial charge in [0, 0.05) is 13.0 Å². The Morgan fingerprint density at radius 3 is 1.57 bits per heavy atom. The Kier molecular flexibility index (Phi) is 36.1. The Morgan fingerprint density at radius 1 is 0.568 bits per heavy atom. The van der Waals surface area contributed by atoms with Crippen LogP contribution in [0.3, 0.4) is 0 Å². The lowest BCUT2D eigenvalue weighted by Crippen LogP contribution is -2.27. The van der Waals surface area contributed by atoms with Gasteiger partial charge in [-0.3, -0.25) is 4.79 Å². The van der Waals surface area contributed by atoms with Gasteiger partial charge >= 0.3 is 5.97 Å². The maximum Gasteiger partial charge on any atom is 0.306 e. The highest BCUT2D eigenvalue weighted by Gasteiger charge is 2.13. The van der Waals surface area contributed by atoms with E-state index in [1.165, 1.54) is 103 Å². The molecule has 0 bridgehead atoms. The first-order valence-electron chi connectivity index (χ1n) is 18.7. The number of carbonyl (C=O) groups excluding carboxylic acids is 1. The van der Waals surface area contributed by atoms with Gasteiger partial charge in [0.15, 0.2) is 0 Å². The van der Waals surface area contributed by atoms with E-state index in [0.29, 0.717) is 13.0 Å². The standard InChI is InChI=1S/C40H72O4/c1-3-5-7-9-11-13-15-17-19-20-21-22-23-25-27-29-31-33-35-40(42)44-39(37-41)38-43-36-34-32-30-28-26-24-18-16-14-12-10-8-6-4-2/h6,8,12,14,18-20,24,39,41H,3-5,7,9-11,13,15-17,21-23,25-38H2,1-2H3/b8-6-,14-12-,20-19-,24-18-. The highest BCUT2D eigenvalue weighted by atomic mass is 16.6. The predicted octanol–water partition coefficient (Wildman–Crippen LogP) is 11.9. The van der Waals surface area contributed by atoms with Crippen LogP contribution in [-0.4, -0.2) is 37.0 Å². The maximum absolute atomic E-state index is 12.1. The molecule has 0 radical (unpaired) electrons. The quantitative estimate of drug-likeness (QED) is 0.0444. The van der Waals surface area contributed by atoms with E-state index in [1.54, 1.807) is 0 Å². The lowest BCUT2D eigenvalue weighted by molar-refractivity contribution is -0.154. The molecule has 0 aromatic heterocycles. The van der Waals surface area contributed by atoms with Crippen LogP contribution < -0.4 is 0 Å². The molecule has 0 aromatic carbocycles. The number of rotatable bonds is 34. The number of carbonyl (C=O) groups is 1. The normalized spacial score (nSPS) is 12.9. The van der Waals surface area contributed by atoms with E-state index in [-0.39, 0.29) is 19.2 Å². The summed E-state index contributed by atoms with van der Waals surface area (Å²) in [6, 6.07) is 0. The second kappa shape index (κ2) is 37.5. The summed E-state index contributed by atoms with van der Waals surface area (Å²) in [6.07, 6.45) is 47.2. The summed E-state index contributed by atoms with van der Waals surface area (Å²) in [7, 11) is 0. The molecule has 0 fully saturated rings. The number of unbranched alkanes of at least 4 members (excludes halogenated alkanes) is 18. The molecule has 0 aliphatic heterocycles. The molecule has 256 valence electrons. The molecule has 1 unspecified atom stereocenters. The number of aliphatic hydroxyl groups is 1. The molecule has 0 aliphatic rings. The van der Waals surface area contributed by atoms with Gasteiger partial charge in [-0.1, -0.05) is 146 Å². The summed E-state index contributed by atoms with van der Waals surface area (Å²) in [5.74, 6) is -0.215. The molecule has 0 aromatic rings. The minimum absolute atomic E-state index is 0.184. The number of allylic oxidation sites excluding steroid dienone is 8. The molecule has 0 amide bonds. The van der Waals surface area contributed by atoms with Crippen molar-refractivity contribution in [2.75, 3.05) is 19.8 Å². The van der Waals surface area contributed by atoms with Crippen LogP contribution in [0, 0.1) is 0 Å². The van der Waals surface area contributed by atoms with E-state index in [1.807, 2.05) is 0 Å². The minimum Gasteiger partial charge on any atom is -0.457 e. The van der Waals surface area contributed by atoms with Crippen LogP contribution in [0.25, 0.3) is 0 Å². The fourth-order valence-electron chi connectivity index (χ4n) is 5.10. The van der Waals surface area contributed by atoms with Gasteiger partial charge in [-0.2, -0.15) is 0 Å². The zero-order chi connectivity index (χ0) is 32.0. The highest BCUT2D eigenvalue weighted by Crippen LogP contribution is 2.12. The van der Waals surface area contributed by atoms with Crippen molar-refractivity contribution < 1.29 is 19.4 Å². The molecule has 0 rings (SSSR count). The summed E-state index contributed by atoms with van der Waals surface area (Å²) in [4.78, 5) is 12.1. The fraction of sp³-hybridized carbons (Fsp3) is 0.775. The lowest BCUT2D eigenvalue weighted by Gasteiger charge is -2.15. The number of ether oxygens (including phenoxy) is 2. The van der Waals surface area contributed by atoms with Gasteiger partial charge in [0.2, 0.25) is 0 Å². The maximum atomic E-state index is 12.1. The van der Waals surface area contributed by atoms with Crippen LogP contribution in [-0.2, 0) is 14.3 Å². The molecular weight excluding hydrogens is 544 g/mol. The molecule has 0 spiro atoms. The molecule has 4 nitrogen and oxygen atoms in total. The van der Waals surface area contributed by atoms with Gasteiger partial charge in [-0.05, 0) is 70.6 Å². The summed E-state index contributed by atoms with van der Waals surface area (Å²) in [5, 5.41) is 9.55. The van der Waals surface area contributed by atoms with E-state index in [0.717, 1.165) is 51.4 Å². The molecule has 0 saturated carbocycles. The van der Waals surface area contributed by atoms with E-state index < -0.39 is 6.10 Å². The Hall–Kier alpha value is -1.65. The van der Waals surface area contributed by atoms with Gasteiger partial charge in [0.05, 0.1) is 13.2 Å². The smallest absolute Gasteiger partial charge is 0.306 e. The molecule has 1 N–H and O–H groups in total. The average Bonchev–Trinajstić information content (AvgIpc) is 3.03. The van der Waals surface area contributed by atoms with Crippen molar-refractivity contribution >= 4 is 5.97 Å². The number of hydrogen-bond acceptors (Lipinski definition) is 4. The van der Waals surface area contributed by atoms with Gasteiger partial charge in [0.1, 0.15) is 6.10 Å². The molecule has 1 atom stereocenters. The first-order chi connectivity index (χ1) is 21.7. The molecule has 4 heteroatoms. The SMILES string of the molecule is CC/C=C\C/C=C\C/C=C\CCCCCCOCC(CO)OC(=O)CCCCCCCCC/C=C\CCCCCCCCC. The highest BCUT2D eigenvalue weighted by molar-refractivity contribution is 5.69. The summed E-state index contributed by atoms with van der Waals surface area (Å²) in [5.41, 5.74) is 0. The van der Waals surface area contributed by atoms with Gasteiger partial charge < -0.3 is 14.6 Å². The average molecular weight is 617 g/mol. The molecule has 0 saturated heterocycles. The number of aliphatic hydroxyl groups excluding tert-OH is 1. The van der Waals surface area contributed by atoms with E-state index in [9.17, 15) is 9.90 Å². The number of esters is 1. The van der Waals surface area contributed by atoms with Crippen molar-refractivity contribution in [1.82, 2.24) is 0 Å². The topological polar surface area (TPSA) is 55.8 Å². The van der Waals surface area contributed by atoms with Crippen LogP contribution in [0.1, 0.15) is 174 Å². The van der Waals surface area contributed by atoms with Gasteiger partial charge in [0.25, 0.3) is 0 Å². The first-order valence-corrected chi connectivity index (χ1v) is 18.7. The molecular formula is C40H72O4. The van der Waals surface area contributed by atoms with Crippen LogP contribution in [0.5, 0.6) is 0 Å². The van der Waals surface area contributed by atoms with Crippen LogP contribution in [0.4, 0.5) is 0 Å². The van der Waals surface area contributed by atoms with E-state index in [4.69, 9.17) is 9.47 Å². The third kappa shape index (κ3) is 34.8. The predicted molar refractivity (Wildman–Crippen MR) is 191 cm³/mol. The minimum atomic E-state index is -0.547. The van der Waals surface area contributed by atoms with Crippen molar-refractivity contribution in [2.45, 2.75) is 180 Å². The largest absolute Gasteiger partial charge is 0.457 e. The fourth-order valence-corrected chi connectivity index (χ4v) is 5.10. The van der Waals surface area contributed by atoms with Gasteiger partial charge in [-0.15, -0.1) is 0 Å². The Balaban J connectivity index is 3.49. The Bertz CT molecular complexity index is 693. The van der Waals surface area contributed by atoms with Crippen LogP contribution in [0.2, 0.25) is 0 Å². The van der Waals surface area contributed by atoms with Crippen molar-refractivity contribution in [3.8, 4) is 0 Å².